The largest absolute Gasteiger partial charge is 0.310 e. The fraction of sp³-hybridized carbons (Fsp3) is 0.0986. The first-order valence-electron chi connectivity index (χ1n) is 25.8. The highest BCUT2D eigenvalue weighted by molar-refractivity contribution is 6.02. The number of fused-ring (bicyclic) bond motifs is 16. The van der Waals surface area contributed by atoms with Crippen LogP contribution in [0, 0.1) is 0 Å². The van der Waals surface area contributed by atoms with Crippen molar-refractivity contribution < 1.29 is 0 Å². The molecule has 3 aliphatic carbocycles. The van der Waals surface area contributed by atoms with Crippen LogP contribution < -0.4 is 9.80 Å². The maximum atomic E-state index is 2.59. The highest BCUT2D eigenvalue weighted by atomic mass is 15.2. The lowest BCUT2D eigenvalue weighted by atomic mass is 9.64. The van der Waals surface area contributed by atoms with Crippen LogP contribution in [0.5, 0.6) is 0 Å². The molecule has 4 aliphatic rings. The topological polar surface area (TPSA) is 6.48 Å². The van der Waals surface area contributed by atoms with E-state index in [1.54, 1.807) is 0 Å². The van der Waals surface area contributed by atoms with Crippen molar-refractivity contribution in [1.82, 2.24) is 0 Å². The third kappa shape index (κ3) is 5.69. The molecule has 11 aromatic carbocycles. The van der Waals surface area contributed by atoms with E-state index in [2.05, 4.69) is 280 Å². The van der Waals surface area contributed by atoms with E-state index in [0.29, 0.717) is 0 Å². The lowest BCUT2D eigenvalue weighted by Crippen LogP contribution is -2.36. The Hall–Kier alpha value is -8.72. The number of benzene rings is 11. The van der Waals surface area contributed by atoms with Gasteiger partial charge in [0.05, 0.1) is 22.5 Å². The van der Waals surface area contributed by atoms with Crippen molar-refractivity contribution in [3.8, 4) is 44.5 Å². The van der Waals surface area contributed by atoms with Crippen molar-refractivity contribution >= 4 is 44.9 Å². The van der Waals surface area contributed by atoms with Gasteiger partial charge in [-0.05, 0) is 161 Å². The zero-order valence-electron chi connectivity index (χ0n) is 41.5. The summed E-state index contributed by atoms with van der Waals surface area (Å²) in [6.45, 7) is 9.62. The predicted molar refractivity (Wildman–Crippen MR) is 305 cm³/mol. The van der Waals surface area contributed by atoms with E-state index in [0.717, 1.165) is 17.1 Å². The summed E-state index contributed by atoms with van der Waals surface area (Å²) in [4.78, 5) is 5.05. The molecule has 2 nitrogen and oxygen atoms in total. The lowest BCUT2D eigenvalue weighted by Gasteiger charge is -2.45. The summed E-state index contributed by atoms with van der Waals surface area (Å²) >= 11 is 0. The second-order valence-corrected chi connectivity index (χ2v) is 21.6. The molecule has 0 aromatic heterocycles. The van der Waals surface area contributed by atoms with E-state index >= 15 is 0 Å². The van der Waals surface area contributed by atoms with Crippen molar-refractivity contribution in [2.45, 2.75) is 43.9 Å². The summed E-state index contributed by atoms with van der Waals surface area (Å²) in [5, 5.41) is 2.53. The molecule has 0 saturated heterocycles. The zero-order valence-corrected chi connectivity index (χ0v) is 41.5. The van der Waals surface area contributed by atoms with Gasteiger partial charge in [0, 0.05) is 33.5 Å². The Morgan fingerprint density at radius 3 is 1.48 bits per heavy atom. The van der Waals surface area contributed by atoms with Crippen LogP contribution in [-0.2, 0) is 16.2 Å². The van der Waals surface area contributed by atoms with Crippen molar-refractivity contribution in [3.63, 3.8) is 0 Å². The SMILES string of the molecule is CC1(C)c2ccccc2-c2ccc(N(c3ccc4c(c3)C(C)(C)c3cc(-c5ccc6ccccc6c5)ccc3-4)c3cccc4c3-c3ccccc3C43c4ccccc4N(c4ccccc4)c4ccccc43)cc21. The lowest BCUT2D eigenvalue weighted by molar-refractivity contribution is 0.660. The number of rotatable bonds is 5. The molecule has 2 heteroatoms. The van der Waals surface area contributed by atoms with Crippen molar-refractivity contribution in [1.29, 1.82) is 0 Å². The molecule has 15 rings (SSSR count). The molecule has 1 spiro atoms. The smallest absolute Gasteiger partial charge is 0.0755 e. The number of hydrogen-bond acceptors (Lipinski definition) is 2. The Morgan fingerprint density at radius 1 is 0.315 bits per heavy atom. The van der Waals surface area contributed by atoms with Gasteiger partial charge in [0.1, 0.15) is 0 Å². The average molecular weight is 933 g/mol. The van der Waals surface area contributed by atoms with Crippen LogP contribution in [0.1, 0.15) is 72.2 Å². The Kier molecular flexibility index (Phi) is 8.72. The standard InChI is InChI=1S/C71H52N2/c1-69(2)57-25-12-10-23-52(57)54-39-36-50(43-63(54)69)72(51-37-40-55-53-38-35-48(42-62(53)70(3,4)64(55)44-51)47-34-33-45-19-8-9-20-46(45)41-47)67-32-18-29-61-68(67)56-24-11-13-26-58(56)71(61)59-27-14-16-30-65(59)73(49-21-6-5-7-22-49)66-31-17-15-28-60(66)71/h5-44H,1-4H3. The van der Waals surface area contributed by atoms with Crippen LogP contribution in [-0.4, -0.2) is 0 Å². The van der Waals surface area contributed by atoms with Crippen LogP contribution in [0.25, 0.3) is 55.3 Å². The molecule has 0 saturated carbocycles. The molecule has 0 bridgehead atoms. The first kappa shape index (κ1) is 42.0. The second-order valence-electron chi connectivity index (χ2n) is 21.6. The van der Waals surface area contributed by atoms with Crippen LogP contribution in [0.4, 0.5) is 34.1 Å². The highest BCUT2D eigenvalue weighted by Gasteiger charge is 2.52. The third-order valence-corrected chi connectivity index (χ3v) is 17.2. The van der Waals surface area contributed by atoms with E-state index in [-0.39, 0.29) is 10.8 Å². The summed E-state index contributed by atoms with van der Waals surface area (Å²) < 4.78 is 0. The molecular weight excluding hydrogens is 881 g/mol. The van der Waals surface area contributed by atoms with Gasteiger partial charge in [0.25, 0.3) is 0 Å². The average Bonchev–Trinajstić information content (AvgIpc) is 3.95. The summed E-state index contributed by atoms with van der Waals surface area (Å²) in [7, 11) is 0. The van der Waals surface area contributed by atoms with Gasteiger partial charge >= 0.3 is 0 Å². The number of para-hydroxylation sites is 3. The van der Waals surface area contributed by atoms with Gasteiger partial charge in [-0.3, -0.25) is 0 Å². The van der Waals surface area contributed by atoms with Crippen LogP contribution in [0.15, 0.2) is 243 Å². The zero-order chi connectivity index (χ0) is 48.8. The minimum atomic E-state index is -0.585. The molecule has 1 heterocycles. The minimum absolute atomic E-state index is 0.173. The van der Waals surface area contributed by atoms with Crippen LogP contribution in [0.3, 0.4) is 0 Å². The van der Waals surface area contributed by atoms with Gasteiger partial charge in [0.15, 0.2) is 0 Å². The Balaban J connectivity index is 0.959. The molecule has 0 atom stereocenters. The first-order chi connectivity index (χ1) is 35.7. The molecule has 73 heavy (non-hydrogen) atoms. The summed E-state index contributed by atoms with van der Waals surface area (Å²) in [5.74, 6) is 0. The van der Waals surface area contributed by atoms with E-state index in [9.17, 15) is 0 Å². The van der Waals surface area contributed by atoms with Gasteiger partial charge in [-0.1, -0.05) is 204 Å². The molecule has 0 N–H and O–H groups in total. The number of anilines is 6. The van der Waals surface area contributed by atoms with Gasteiger partial charge in [0.2, 0.25) is 0 Å². The molecule has 0 fully saturated rings. The fourth-order valence-electron chi connectivity index (χ4n) is 13.8. The van der Waals surface area contributed by atoms with E-state index in [1.807, 2.05) is 0 Å². The second kappa shape index (κ2) is 15.2. The molecule has 11 aromatic rings. The summed E-state index contributed by atoms with van der Waals surface area (Å²) in [5.41, 5.74) is 26.9. The summed E-state index contributed by atoms with van der Waals surface area (Å²) in [6.07, 6.45) is 0. The van der Waals surface area contributed by atoms with Crippen molar-refractivity contribution in [2.24, 2.45) is 0 Å². The molecule has 0 amide bonds. The number of hydrogen-bond donors (Lipinski definition) is 0. The monoisotopic (exact) mass is 932 g/mol. The van der Waals surface area contributed by atoms with E-state index in [4.69, 9.17) is 0 Å². The van der Waals surface area contributed by atoms with Crippen molar-refractivity contribution in [2.75, 3.05) is 9.80 Å². The normalized spacial score (nSPS) is 15.2. The highest BCUT2D eigenvalue weighted by Crippen LogP contribution is 2.65. The maximum absolute atomic E-state index is 2.59. The van der Waals surface area contributed by atoms with Gasteiger partial charge in [-0.15, -0.1) is 0 Å². The number of nitrogens with zero attached hydrogens (tertiary/aromatic N) is 2. The minimum Gasteiger partial charge on any atom is -0.310 e. The van der Waals surface area contributed by atoms with Crippen LogP contribution in [0.2, 0.25) is 0 Å². The molecule has 1 aliphatic heterocycles. The van der Waals surface area contributed by atoms with E-state index in [1.165, 1.54) is 117 Å². The Labute approximate surface area is 428 Å². The quantitative estimate of drug-likeness (QED) is 0.170. The van der Waals surface area contributed by atoms with Gasteiger partial charge in [-0.2, -0.15) is 0 Å². The van der Waals surface area contributed by atoms with E-state index < -0.39 is 5.41 Å². The van der Waals surface area contributed by atoms with Crippen molar-refractivity contribution in [3.05, 3.63) is 287 Å². The summed E-state index contributed by atoms with van der Waals surface area (Å²) in [6, 6.07) is 91.6. The van der Waals surface area contributed by atoms with Gasteiger partial charge < -0.3 is 9.80 Å². The first-order valence-corrected chi connectivity index (χ1v) is 25.8. The molecule has 0 radical (unpaired) electrons. The third-order valence-electron chi connectivity index (χ3n) is 17.2. The Morgan fingerprint density at radius 2 is 0.795 bits per heavy atom. The molecule has 346 valence electrons. The fourth-order valence-corrected chi connectivity index (χ4v) is 13.8. The molecule has 0 unspecified atom stereocenters. The molecular formula is C71H52N2. The predicted octanol–water partition coefficient (Wildman–Crippen LogP) is 18.7. The Bertz CT molecular complexity index is 4070. The van der Waals surface area contributed by atoms with Crippen LogP contribution >= 0.6 is 0 Å². The van der Waals surface area contributed by atoms with Gasteiger partial charge in [-0.25, -0.2) is 0 Å². The maximum Gasteiger partial charge on any atom is 0.0755 e.